The van der Waals surface area contributed by atoms with Gasteiger partial charge in [-0.3, -0.25) is 13.8 Å². The molecule has 55 heavy (non-hydrogen) atoms. The maximum absolute atomic E-state index is 12.5. The first-order valence-electron chi connectivity index (χ1n) is 20.9. The summed E-state index contributed by atoms with van der Waals surface area (Å²) in [7, 11) is -4.34. The molecular formula is C45H76NO8P. The maximum Gasteiger partial charge on any atom is 0.472 e. The van der Waals surface area contributed by atoms with Crippen LogP contribution in [0.4, 0.5) is 0 Å². The monoisotopic (exact) mass is 790 g/mol. The van der Waals surface area contributed by atoms with E-state index >= 15 is 0 Å². The molecule has 0 bridgehead atoms. The second-order valence-electron chi connectivity index (χ2n) is 13.4. The molecule has 9 nitrogen and oxygen atoms in total. The number of ether oxygens (including phenoxy) is 2. The summed E-state index contributed by atoms with van der Waals surface area (Å²) in [6.45, 7) is 3.88. The molecule has 0 aliphatic heterocycles. The Morgan fingerprint density at radius 3 is 1.93 bits per heavy atom. The summed E-state index contributed by atoms with van der Waals surface area (Å²) >= 11 is 0. The molecule has 3 atom stereocenters. The van der Waals surface area contributed by atoms with E-state index in [9.17, 15) is 19.4 Å². The molecule has 10 heteroatoms. The van der Waals surface area contributed by atoms with E-state index in [1.54, 1.807) is 6.08 Å². The van der Waals surface area contributed by atoms with Gasteiger partial charge in [0.25, 0.3) is 0 Å². The van der Waals surface area contributed by atoms with Gasteiger partial charge in [0, 0.05) is 13.0 Å². The van der Waals surface area contributed by atoms with E-state index in [0.717, 1.165) is 25.7 Å². The number of esters is 1. The van der Waals surface area contributed by atoms with Gasteiger partial charge in [0.15, 0.2) is 6.10 Å². The van der Waals surface area contributed by atoms with Gasteiger partial charge in [-0.15, -0.1) is 0 Å². The Kier molecular flexibility index (Phi) is 38.8. The second kappa shape index (κ2) is 40.9. The fraction of sp³-hybridized carbons (Fsp3) is 0.622. The molecule has 3 unspecified atom stereocenters. The van der Waals surface area contributed by atoms with Crippen LogP contribution in [-0.4, -0.2) is 54.5 Å². The van der Waals surface area contributed by atoms with Crippen LogP contribution < -0.4 is 5.73 Å². The summed E-state index contributed by atoms with van der Waals surface area (Å²) in [6.07, 6.45) is 51.3. The third-order valence-electron chi connectivity index (χ3n) is 8.17. The topological polar surface area (TPSA) is 138 Å². The Morgan fingerprint density at radius 2 is 1.25 bits per heavy atom. The van der Waals surface area contributed by atoms with Crippen molar-refractivity contribution >= 4 is 13.8 Å². The summed E-state index contributed by atoms with van der Waals surface area (Å²) in [6, 6.07) is 0. The van der Waals surface area contributed by atoms with Crippen LogP contribution in [0.5, 0.6) is 0 Å². The van der Waals surface area contributed by atoms with Crippen molar-refractivity contribution in [2.75, 3.05) is 26.4 Å². The lowest BCUT2D eigenvalue weighted by molar-refractivity contribution is -0.153. The molecule has 0 radical (unpaired) electrons. The highest BCUT2D eigenvalue weighted by atomic mass is 31.2. The molecular weight excluding hydrogens is 713 g/mol. The molecule has 0 fully saturated rings. The van der Waals surface area contributed by atoms with Crippen molar-refractivity contribution in [1.82, 2.24) is 0 Å². The lowest BCUT2D eigenvalue weighted by atomic mass is 10.1. The summed E-state index contributed by atoms with van der Waals surface area (Å²) in [5.41, 5.74) is 5.34. The predicted octanol–water partition coefficient (Wildman–Crippen LogP) is 11.6. The Balaban J connectivity index is 4.39. The average Bonchev–Trinajstić information content (AvgIpc) is 3.17. The minimum atomic E-state index is -4.34. The summed E-state index contributed by atoms with van der Waals surface area (Å²) < 4.78 is 32.9. The molecule has 0 aliphatic rings. The number of hydrogen-bond donors (Lipinski definition) is 3. The molecule has 0 amide bonds. The van der Waals surface area contributed by atoms with E-state index in [-0.39, 0.29) is 32.8 Å². The van der Waals surface area contributed by atoms with Crippen LogP contribution >= 0.6 is 7.82 Å². The number of unbranched alkanes of at least 4 members (excludes halogenated alkanes) is 11. The zero-order valence-electron chi connectivity index (χ0n) is 34.2. The molecule has 0 aromatic carbocycles. The Morgan fingerprint density at radius 1 is 0.673 bits per heavy atom. The summed E-state index contributed by atoms with van der Waals surface area (Å²) in [4.78, 5) is 22.4. The van der Waals surface area contributed by atoms with Crippen molar-refractivity contribution in [2.45, 2.75) is 154 Å². The number of phosphoric acid groups is 1. The SMILES string of the molecule is CCC=CCC=CCC=CC=CC(O)CC=CCC=CCCC(=O)OC(COC=CCC=CCCCCCCCCCCCCC)COP(=O)(O)OCCN. The normalized spacial score (nSPS) is 15.0. The minimum absolute atomic E-state index is 0.0475. The third kappa shape index (κ3) is 40.7. The van der Waals surface area contributed by atoms with Gasteiger partial charge >= 0.3 is 13.8 Å². The van der Waals surface area contributed by atoms with E-state index in [0.29, 0.717) is 25.7 Å². The van der Waals surface area contributed by atoms with Gasteiger partial charge in [0.05, 0.1) is 25.6 Å². The van der Waals surface area contributed by atoms with Gasteiger partial charge < -0.3 is 25.2 Å². The van der Waals surface area contributed by atoms with Gasteiger partial charge in [-0.1, -0.05) is 163 Å². The first-order chi connectivity index (χ1) is 26.8. The zero-order chi connectivity index (χ0) is 40.3. The molecule has 0 heterocycles. The molecule has 314 valence electrons. The lowest BCUT2D eigenvalue weighted by Gasteiger charge is -2.19. The van der Waals surface area contributed by atoms with Crippen LogP contribution in [0, 0.1) is 0 Å². The van der Waals surface area contributed by atoms with Crippen molar-refractivity contribution in [3.8, 4) is 0 Å². The Bertz CT molecular complexity index is 1170. The third-order valence-corrected chi connectivity index (χ3v) is 9.16. The van der Waals surface area contributed by atoms with Crippen LogP contribution in [-0.2, 0) is 27.9 Å². The first-order valence-corrected chi connectivity index (χ1v) is 22.4. The molecule has 0 rings (SSSR count). The highest BCUT2D eigenvalue weighted by Crippen LogP contribution is 2.43. The van der Waals surface area contributed by atoms with Gasteiger partial charge in [-0.2, -0.15) is 0 Å². The standard InChI is InChI=1S/C45H76NO8P/c1-3-5-7-9-11-13-15-16-17-18-19-20-22-26-30-34-39-51-41-44(42-53-55(49,50)52-40-38-46)54-45(48)37-33-29-25-24-28-32-36-43(47)35-31-27-23-21-14-12-10-8-6-4-2/h6,8,12,14,22-23,25-29,31-32,34-35,39,43-44,47H,3-5,7,9-11,13,15-21,24,30,33,36-38,40-42,46H2,1-2H3,(H,49,50). The fourth-order valence-electron chi connectivity index (χ4n) is 5.12. The number of carbonyl (C=O) groups is 1. The fourth-order valence-corrected chi connectivity index (χ4v) is 5.88. The van der Waals surface area contributed by atoms with Crippen molar-refractivity contribution in [3.63, 3.8) is 0 Å². The van der Waals surface area contributed by atoms with Gasteiger partial charge in [-0.05, 0) is 63.9 Å². The van der Waals surface area contributed by atoms with Crippen LogP contribution in [0.25, 0.3) is 0 Å². The average molecular weight is 790 g/mol. The van der Waals surface area contributed by atoms with Crippen LogP contribution in [0.3, 0.4) is 0 Å². The van der Waals surface area contributed by atoms with Gasteiger partial charge in [0.2, 0.25) is 0 Å². The highest BCUT2D eigenvalue weighted by molar-refractivity contribution is 7.47. The molecule has 0 aliphatic carbocycles. The van der Waals surface area contributed by atoms with Crippen molar-refractivity contribution in [1.29, 1.82) is 0 Å². The van der Waals surface area contributed by atoms with Crippen molar-refractivity contribution in [2.24, 2.45) is 5.73 Å². The van der Waals surface area contributed by atoms with Crippen LogP contribution in [0.15, 0.2) is 97.4 Å². The van der Waals surface area contributed by atoms with Crippen LogP contribution in [0.1, 0.15) is 142 Å². The second-order valence-corrected chi connectivity index (χ2v) is 14.8. The van der Waals surface area contributed by atoms with Crippen molar-refractivity contribution < 1.29 is 37.9 Å². The molecule has 0 saturated carbocycles. The van der Waals surface area contributed by atoms with E-state index in [4.69, 9.17) is 24.3 Å². The number of phosphoric ester groups is 1. The maximum atomic E-state index is 12.5. The molecule has 4 N–H and O–H groups in total. The molecule has 0 aromatic rings. The number of nitrogens with two attached hydrogens (primary N) is 1. The van der Waals surface area contributed by atoms with E-state index < -0.39 is 26.0 Å². The van der Waals surface area contributed by atoms with Gasteiger partial charge in [0.1, 0.15) is 6.61 Å². The van der Waals surface area contributed by atoms with E-state index in [1.807, 2.05) is 48.6 Å². The number of allylic oxidation sites excluding steroid dienone is 13. The van der Waals surface area contributed by atoms with E-state index in [1.165, 1.54) is 76.9 Å². The van der Waals surface area contributed by atoms with E-state index in [2.05, 4.69) is 50.3 Å². The lowest BCUT2D eigenvalue weighted by Crippen LogP contribution is -2.27. The largest absolute Gasteiger partial charge is 0.498 e. The predicted molar refractivity (Wildman–Crippen MR) is 229 cm³/mol. The zero-order valence-corrected chi connectivity index (χ0v) is 35.1. The smallest absolute Gasteiger partial charge is 0.472 e. The highest BCUT2D eigenvalue weighted by Gasteiger charge is 2.25. The molecule has 0 spiro atoms. The molecule has 0 aromatic heterocycles. The summed E-state index contributed by atoms with van der Waals surface area (Å²) in [5.74, 6) is -0.480. The number of aliphatic hydroxyl groups is 1. The first kappa shape index (κ1) is 52.2. The number of carbonyl (C=O) groups excluding carboxylic acids is 1. The Labute approximate surface area is 334 Å². The quantitative estimate of drug-likeness (QED) is 0.0139. The van der Waals surface area contributed by atoms with Crippen LogP contribution in [0.2, 0.25) is 0 Å². The summed E-state index contributed by atoms with van der Waals surface area (Å²) in [5, 5.41) is 10.1. The molecule has 0 saturated heterocycles. The number of hydrogen-bond acceptors (Lipinski definition) is 8. The number of aliphatic hydroxyl groups excluding tert-OH is 1. The minimum Gasteiger partial charge on any atom is -0.498 e. The van der Waals surface area contributed by atoms with Gasteiger partial charge in [-0.25, -0.2) is 4.57 Å². The number of rotatable bonds is 38. The van der Waals surface area contributed by atoms with Crippen molar-refractivity contribution in [3.05, 3.63) is 97.4 Å². The Hall–Kier alpha value is -2.78.